The Morgan fingerprint density at radius 1 is 1.09 bits per heavy atom. The Kier molecular flexibility index (Phi) is 2.68. The Morgan fingerprint density at radius 3 is 2.64 bits per heavy atom. The lowest BCUT2D eigenvalue weighted by atomic mass is 9.76. The molecule has 0 saturated carbocycles. The minimum atomic E-state index is -0.516. The van der Waals surface area contributed by atoms with Crippen LogP contribution in [0.15, 0.2) is 48.5 Å². The molecule has 4 rings (SSSR count). The average molecular weight is 312 g/mol. The maximum atomic E-state index is 6.53. The van der Waals surface area contributed by atoms with Crippen LogP contribution in [0.2, 0.25) is 5.02 Å². The van der Waals surface area contributed by atoms with Crippen LogP contribution in [0.5, 0.6) is 5.75 Å². The number of rotatable bonds is 0. The molecule has 0 aromatic heterocycles. The molecule has 2 nitrogen and oxygen atoms in total. The average Bonchev–Trinajstić information content (AvgIpc) is 2.67. The van der Waals surface area contributed by atoms with Gasteiger partial charge >= 0.3 is 0 Å². The van der Waals surface area contributed by atoms with Crippen molar-refractivity contribution in [3.8, 4) is 5.75 Å². The molecule has 2 aromatic carbocycles. The standard InChI is InChI=1S/C19H18ClNO/c1-18(2)15-6-4-5-7-16(15)21(3)19(18)11-10-13-12-14(20)8-9-17(13)22-19/h4-12H,1-3H3. The lowest BCUT2D eigenvalue weighted by Gasteiger charge is -2.45. The van der Waals surface area contributed by atoms with Gasteiger partial charge in [0.05, 0.1) is 5.41 Å². The van der Waals surface area contributed by atoms with Gasteiger partial charge < -0.3 is 9.64 Å². The number of anilines is 1. The van der Waals surface area contributed by atoms with E-state index < -0.39 is 5.72 Å². The van der Waals surface area contributed by atoms with Gasteiger partial charge in [-0.15, -0.1) is 0 Å². The summed E-state index contributed by atoms with van der Waals surface area (Å²) in [6, 6.07) is 14.3. The Hall–Kier alpha value is -1.93. The van der Waals surface area contributed by atoms with Gasteiger partial charge in [0.1, 0.15) is 5.75 Å². The molecule has 0 saturated heterocycles. The third-order valence-electron chi connectivity index (χ3n) is 5.06. The number of para-hydroxylation sites is 1. The van der Waals surface area contributed by atoms with Crippen molar-refractivity contribution >= 4 is 23.4 Å². The fraction of sp³-hybridized carbons (Fsp3) is 0.263. The molecule has 0 amide bonds. The topological polar surface area (TPSA) is 12.5 Å². The molecule has 0 radical (unpaired) electrons. The maximum Gasteiger partial charge on any atom is 0.211 e. The van der Waals surface area contributed by atoms with Crippen molar-refractivity contribution in [3.63, 3.8) is 0 Å². The van der Waals surface area contributed by atoms with Gasteiger partial charge in [-0.25, -0.2) is 0 Å². The van der Waals surface area contributed by atoms with E-state index in [9.17, 15) is 0 Å². The number of nitrogens with zero attached hydrogens (tertiary/aromatic N) is 1. The second-order valence-corrected chi connectivity index (χ2v) is 6.95. The smallest absolute Gasteiger partial charge is 0.211 e. The highest BCUT2D eigenvalue weighted by molar-refractivity contribution is 6.30. The van der Waals surface area contributed by atoms with Crippen molar-refractivity contribution in [2.75, 3.05) is 11.9 Å². The molecule has 0 aliphatic carbocycles. The van der Waals surface area contributed by atoms with Gasteiger partial charge in [0, 0.05) is 23.3 Å². The largest absolute Gasteiger partial charge is 0.463 e. The van der Waals surface area contributed by atoms with Gasteiger partial charge in [-0.2, -0.15) is 0 Å². The highest BCUT2D eigenvalue weighted by atomic mass is 35.5. The molecular weight excluding hydrogens is 294 g/mol. The third-order valence-corrected chi connectivity index (χ3v) is 5.29. The molecule has 0 fully saturated rings. The van der Waals surface area contributed by atoms with Crippen LogP contribution in [-0.4, -0.2) is 12.8 Å². The fourth-order valence-electron chi connectivity index (χ4n) is 3.75. The van der Waals surface area contributed by atoms with E-state index in [4.69, 9.17) is 16.3 Å². The highest BCUT2D eigenvalue weighted by Gasteiger charge is 2.57. The van der Waals surface area contributed by atoms with Crippen LogP contribution in [0.3, 0.4) is 0 Å². The molecule has 2 heterocycles. The molecule has 0 bridgehead atoms. The van der Waals surface area contributed by atoms with Crippen LogP contribution in [-0.2, 0) is 5.41 Å². The lowest BCUT2D eigenvalue weighted by molar-refractivity contribution is 0.0582. The number of fused-ring (bicyclic) bond motifs is 2. The van der Waals surface area contributed by atoms with Gasteiger partial charge in [0.25, 0.3) is 0 Å². The number of ether oxygens (including phenoxy) is 1. The molecule has 0 N–H and O–H groups in total. The second kappa shape index (κ2) is 4.30. The van der Waals surface area contributed by atoms with Crippen molar-refractivity contribution in [3.05, 3.63) is 64.7 Å². The van der Waals surface area contributed by atoms with Crippen molar-refractivity contribution in [1.29, 1.82) is 0 Å². The lowest BCUT2D eigenvalue weighted by Crippen LogP contribution is -2.58. The van der Waals surface area contributed by atoms with E-state index in [2.05, 4.69) is 62.2 Å². The van der Waals surface area contributed by atoms with Crippen molar-refractivity contribution in [2.45, 2.75) is 25.0 Å². The van der Waals surface area contributed by atoms with Gasteiger partial charge in [-0.1, -0.05) is 29.8 Å². The van der Waals surface area contributed by atoms with Crippen LogP contribution in [0.25, 0.3) is 6.08 Å². The fourth-order valence-corrected chi connectivity index (χ4v) is 3.93. The number of benzene rings is 2. The molecule has 2 aliphatic heterocycles. The van der Waals surface area contributed by atoms with Gasteiger partial charge in [0.2, 0.25) is 5.72 Å². The van der Waals surface area contributed by atoms with E-state index >= 15 is 0 Å². The first-order valence-corrected chi connectivity index (χ1v) is 7.85. The van der Waals surface area contributed by atoms with Gasteiger partial charge in [-0.05, 0) is 55.8 Å². The molecule has 3 heteroatoms. The Bertz CT molecular complexity index is 796. The van der Waals surface area contributed by atoms with E-state index in [1.54, 1.807) is 0 Å². The normalized spacial score (nSPS) is 24.1. The third kappa shape index (κ3) is 1.56. The summed E-state index contributed by atoms with van der Waals surface area (Å²) in [4.78, 5) is 2.23. The first-order chi connectivity index (χ1) is 10.5. The van der Waals surface area contributed by atoms with E-state index in [1.165, 1.54) is 11.3 Å². The summed E-state index contributed by atoms with van der Waals surface area (Å²) in [6.45, 7) is 4.47. The molecule has 1 unspecified atom stereocenters. The maximum absolute atomic E-state index is 6.53. The SMILES string of the molecule is CN1c2ccccc2C(C)(C)C12C=Cc1cc(Cl)ccc1O2. The van der Waals surface area contributed by atoms with E-state index in [1.807, 2.05) is 18.2 Å². The van der Waals surface area contributed by atoms with Crippen molar-refractivity contribution < 1.29 is 4.74 Å². The van der Waals surface area contributed by atoms with E-state index in [-0.39, 0.29) is 5.41 Å². The highest BCUT2D eigenvalue weighted by Crippen LogP contribution is 2.54. The molecule has 1 spiro atoms. The predicted molar refractivity (Wildman–Crippen MR) is 91.7 cm³/mol. The summed E-state index contributed by atoms with van der Waals surface area (Å²) in [5.41, 5.74) is 2.87. The van der Waals surface area contributed by atoms with Crippen LogP contribution >= 0.6 is 11.6 Å². The summed E-state index contributed by atoms with van der Waals surface area (Å²) in [7, 11) is 2.10. The summed E-state index contributed by atoms with van der Waals surface area (Å²) < 4.78 is 6.53. The Morgan fingerprint density at radius 2 is 1.86 bits per heavy atom. The van der Waals surface area contributed by atoms with Crippen LogP contribution in [0, 0.1) is 0 Å². The molecule has 22 heavy (non-hydrogen) atoms. The zero-order valence-corrected chi connectivity index (χ0v) is 13.7. The minimum absolute atomic E-state index is 0.161. The zero-order valence-electron chi connectivity index (χ0n) is 12.9. The van der Waals surface area contributed by atoms with Crippen molar-refractivity contribution in [2.24, 2.45) is 0 Å². The molecule has 2 aliphatic rings. The predicted octanol–water partition coefficient (Wildman–Crippen LogP) is 4.87. The molecule has 112 valence electrons. The molecule has 1 atom stereocenters. The van der Waals surface area contributed by atoms with Gasteiger partial charge in [-0.3, -0.25) is 0 Å². The molecular formula is C19H18ClNO. The number of likely N-dealkylation sites (N-methyl/N-ethyl adjacent to an activating group) is 1. The van der Waals surface area contributed by atoms with Crippen LogP contribution in [0.1, 0.15) is 25.0 Å². The number of hydrogen-bond donors (Lipinski definition) is 0. The monoisotopic (exact) mass is 311 g/mol. The van der Waals surface area contributed by atoms with Crippen molar-refractivity contribution in [1.82, 2.24) is 0 Å². The first-order valence-electron chi connectivity index (χ1n) is 7.47. The summed E-state index contributed by atoms with van der Waals surface area (Å²) in [5.74, 6) is 0.875. The van der Waals surface area contributed by atoms with Crippen LogP contribution in [0.4, 0.5) is 5.69 Å². The Labute approximate surface area is 136 Å². The summed E-state index contributed by atoms with van der Waals surface area (Å²) in [6.07, 6.45) is 4.28. The molecule has 2 aromatic rings. The zero-order chi connectivity index (χ0) is 15.5. The van der Waals surface area contributed by atoms with E-state index in [0.29, 0.717) is 0 Å². The van der Waals surface area contributed by atoms with Crippen LogP contribution < -0.4 is 9.64 Å². The number of hydrogen-bond acceptors (Lipinski definition) is 2. The Balaban J connectivity index is 1.89. The van der Waals surface area contributed by atoms with Gasteiger partial charge in [0.15, 0.2) is 0 Å². The number of halogens is 1. The first kappa shape index (κ1) is 13.7. The summed E-state index contributed by atoms with van der Waals surface area (Å²) >= 11 is 6.09. The quantitative estimate of drug-likeness (QED) is 0.688. The minimum Gasteiger partial charge on any atom is -0.463 e. The second-order valence-electron chi connectivity index (χ2n) is 6.52. The summed E-state index contributed by atoms with van der Waals surface area (Å²) in [5, 5.41) is 0.727. The van der Waals surface area contributed by atoms with E-state index in [0.717, 1.165) is 16.3 Å².